The second-order valence-electron chi connectivity index (χ2n) is 7.08. The van der Waals surface area contributed by atoms with Gasteiger partial charge in [-0.3, -0.25) is 14.9 Å². The number of fused-ring (bicyclic) bond motifs is 3. The van der Waals surface area contributed by atoms with E-state index in [2.05, 4.69) is 15.2 Å². The van der Waals surface area contributed by atoms with E-state index in [4.69, 9.17) is 0 Å². The van der Waals surface area contributed by atoms with Gasteiger partial charge in [0.25, 0.3) is 5.56 Å². The number of halogens is 1. The summed E-state index contributed by atoms with van der Waals surface area (Å²) in [6, 6.07) is 9.06. The summed E-state index contributed by atoms with van der Waals surface area (Å²) in [5, 5.41) is 8.60. The predicted octanol–water partition coefficient (Wildman–Crippen LogP) is 4.68. The fourth-order valence-electron chi connectivity index (χ4n) is 3.85. The number of hydrogen-bond donors (Lipinski definition) is 1. The van der Waals surface area contributed by atoms with Crippen LogP contribution in [0.3, 0.4) is 0 Å². The van der Waals surface area contributed by atoms with Gasteiger partial charge in [-0.05, 0) is 48.8 Å². The molecule has 5 rings (SSSR count). The van der Waals surface area contributed by atoms with E-state index in [0.29, 0.717) is 12.0 Å². The molecular weight excluding hydrogens is 355 g/mol. The first kappa shape index (κ1) is 16.6. The van der Waals surface area contributed by atoms with Crippen molar-refractivity contribution in [3.8, 4) is 11.1 Å². The molecule has 0 saturated heterocycles. The van der Waals surface area contributed by atoms with Crippen LogP contribution in [0.25, 0.3) is 32.9 Å². The van der Waals surface area contributed by atoms with Crippen molar-refractivity contribution in [2.45, 2.75) is 19.4 Å². The SMILES string of the molecule is CC1=C(F)C=CC(n2c(=O)ccc3cnc4ccc(-c5cn[nH]c5)cc4c32)C1. The van der Waals surface area contributed by atoms with Crippen molar-refractivity contribution in [1.29, 1.82) is 0 Å². The lowest BCUT2D eigenvalue weighted by atomic mass is 9.99. The molecule has 0 aliphatic heterocycles. The fraction of sp³-hybridized carbons (Fsp3) is 0.136. The molecule has 1 aliphatic rings. The lowest BCUT2D eigenvalue weighted by Gasteiger charge is -2.22. The summed E-state index contributed by atoms with van der Waals surface area (Å²) in [6.07, 6.45) is 9.04. The van der Waals surface area contributed by atoms with Crippen molar-refractivity contribution in [1.82, 2.24) is 19.7 Å². The van der Waals surface area contributed by atoms with Crippen molar-refractivity contribution >= 4 is 21.8 Å². The van der Waals surface area contributed by atoms with Crippen molar-refractivity contribution < 1.29 is 4.39 Å². The zero-order chi connectivity index (χ0) is 19.3. The molecule has 0 radical (unpaired) electrons. The molecule has 0 saturated carbocycles. The number of aromatic amines is 1. The summed E-state index contributed by atoms with van der Waals surface area (Å²) in [5.74, 6) is -0.224. The molecule has 0 amide bonds. The molecule has 1 unspecified atom stereocenters. The van der Waals surface area contributed by atoms with E-state index >= 15 is 0 Å². The van der Waals surface area contributed by atoms with E-state index < -0.39 is 0 Å². The molecule has 1 aromatic carbocycles. The lowest BCUT2D eigenvalue weighted by molar-refractivity contribution is 0.555. The normalized spacial score (nSPS) is 17.0. The summed E-state index contributed by atoms with van der Waals surface area (Å²) < 4.78 is 15.6. The van der Waals surface area contributed by atoms with Gasteiger partial charge in [0.2, 0.25) is 0 Å². The zero-order valence-corrected chi connectivity index (χ0v) is 15.2. The molecule has 4 aromatic rings. The van der Waals surface area contributed by atoms with Crippen molar-refractivity contribution in [2.24, 2.45) is 0 Å². The fourth-order valence-corrected chi connectivity index (χ4v) is 3.85. The minimum atomic E-state index is -0.237. The Bertz CT molecular complexity index is 1330. The average molecular weight is 372 g/mol. The molecule has 1 N–H and O–H groups in total. The van der Waals surface area contributed by atoms with E-state index in [-0.39, 0.29) is 17.4 Å². The molecular formula is C22H17FN4O. The first-order valence-electron chi connectivity index (χ1n) is 9.08. The van der Waals surface area contributed by atoms with Gasteiger partial charge in [0, 0.05) is 34.8 Å². The highest BCUT2D eigenvalue weighted by molar-refractivity contribution is 6.04. The van der Waals surface area contributed by atoms with Crippen LogP contribution in [0.15, 0.2) is 77.3 Å². The summed E-state index contributed by atoms with van der Waals surface area (Å²) in [4.78, 5) is 17.4. The Labute approximate surface area is 159 Å². The van der Waals surface area contributed by atoms with Gasteiger partial charge >= 0.3 is 0 Å². The van der Waals surface area contributed by atoms with Gasteiger partial charge in [-0.2, -0.15) is 5.10 Å². The summed E-state index contributed by atoms with van der Waals surface area (Å²) in [6.45, 7) is 1.76. The highest BCUT2D eigenvalue weighted by Crippen LogP contribution is 2.33. The Morgan fingerprint density at radius 2 is 2.07 bits per heavy atom. The summed E-state index contributed by atoms with van der Waals surface area (Å²) in [5.41, 5.74) is 4.10. The van der Waals surface area contributed by atoms with Gasteiger partial charge in [-0.15, -0.1) is 0 Å². The van der Waals surface area contributed by atoms with Crippen LogP contribution in [0.1, 0.15) is 19.4 Å². The maximum Gasteiger partial charge on any atom is 0.251 e. The van der Waals surface area contributed by atoms with Crippen LogP contribution >= 0.6 is 0 Å². The second kappa shape index (κ2) is 6.27. The molecule has 5 nitrogen and oxygen atoms in total. The largest absolute Gasteiger partial charge is 0.300 e. The number of hydrogen-bond acceptors (Lipinski definition) is 3. The molecule has 6 heteroatoms. The van der Waals surface area contributed by atoms with E-state index in [0.717, 1.165) is 32.9 Å². The molecule has 138 valence electrons. The van der Waals surface area contributed by atoms with Crippen LogP contribution in [0.2, 0.25) is 0 Å². The number of benzene rings is 1. The highest BCUT2D eigenvalue weighted by Gasteiger charge is 2.20. The monoisotopic (exact) mass is 372 g/mol. The minimum absolute atomic E-state index is 0.113. The van der Waals surface area contributed by atoms with Gasteiger partial charge < -0.3 is 4.57 Å². The molecule has 0 spiro atoms. The number of pyridine rings is 2. The highest BCUT2D eigenvalue weighted by atomic mass is 19.1. The van der Waals surface area contributed by atoms with E-state index in [9.17, 15) is 9.18 Å². The molecule has 0 bridgehead atoms. The number of nitrogens with one attached hydrogen (secondary N) is 1. The van der Waals surface area contributed by atoms with Gasteiger partial charge in [0.05, 0.1) is 23.3 Å². The number of allylic oxidation sites excluding steroid dienone is 4. The average Bonchev–Trinajstić information content (AvgIpc) is 3.24. The van der Waals surface area contributed by atoms with Gasteiger partial charge in [-0.25, -0.2) is 4.39 Å². The van der Waals surface area contributed by atoms with Gasteiger partial charge in [-0.1, -0.05) is 12.1 Å². The van der Waals surface area contributed by atoms with Gasteiger partial charge in [0.15, 0.2) is 0 Å². The predicted molar refractivity (Wildman–Crippen MR) is 108 cm³/mol. The minimum Gasteiger partial charge on any atom is -0.300 e. The number of nitrogens with zero attached hydrogens (tertiary/aromatic N) is 3. The third-order valence-corrected chi connectivity index (χ3v) is 5.30. The Morgan fingerprint density at radius 3 is 2.86 bits per heavy atom. The molecule has 1 atom stereocenters. The van der Waals surface area contributed by atoms with E-state index in [1.807, 2.05) is 24.4 Å². The number of aromatic nitrogens is 4. The van der Waals surface area contributed by atoms with Crippen LogP contribution in [-0.4, -0.2) is 19.7 Å². The molecule has 28 heavy (non-hydrogen) atoms. The standard InChI is InChI=1S/C22H17FN4O/c1-13-8-17(4-5-19(13)23)27-21(28)7-3-15-10-24-20-6-2-14(9-18(20)22(15)27)16-11-25-26-12-16/h2-7,9-12,17H,8H2,1H3,(H,25,26). The summed E-state index contributed by atoms with van der Waals surface area (Å²) in [7, 11) is 0. The van der Waals surface area contributed by atoms with Crippen LogP contribution in [0.5, 0.6) is 0 Å². The Morgan fingerprint density at radius 1 is 1.18 bits per heavy atom. The first-order valence-corrected chi connectivity index (χ1v) is 9.08. The molecule has 3 heterocycles. The van der Waals surface area contributed by atoms with Crippen LogP contribution < -0.4 is 5.56 Å². The van der Waals surface area contributed by atoms with Crippen LogP contribution in [0, 0.1) is 0 Å². The smallest absolute Gasteiger partial charge is 0.251 e. The maximum absolute atomic E-state index is 13.8. The van der Waals surface area contributed by atoms with Gasteiger partial charge in [0.1, 0.15) is 5.83 Å². The Balaban J connectivity index is 1.82. The second-order valence-corrected chi connectivity index (χ2v) is 7.08. The maximum atomic E-state index is 13.8. The molecule has 0 fully saturated rings. The third kappa shape index (κ3) is 2.57. The van der Waals surface area contributed by atoms with Crippen LogP contribution in [-0.2, 0) is 0 Å². The van der Waals surface area contributed by atoms with Crippen molar-refractivity contribution in [3.63, 3.8) is 0 Å². The van der Waals surface area contributed by atoms with Crippen molar-refractivity contribution in [2.75, 3.05) is 0 Å². The zero-order valence-electron chi connectivity index (χ0n) is 15.2. The third-order valence-electron chi connectivity index (χ3n) is 5.30. The summed E-state index contributed by atoms with van der Waals surface area (Å²) >= 11 is 0. The number of H-pyrrole nitrogens is 1. The van der Waals surface area contributed by atoms with E-state index in [1.54, 1.807) is 42.1 Å². The number of rotatable bonds is 2. The Hall–Kier alpha value is -3.54. The lowest BCUT2D eigenvalue weighted by Crippen LogP contribution is -2.24. The Kier molecular flexibility index (Phi) is 3.72. The van der Waals surface area contributed by atoms with E-state index in [1.165, 1.54) is 6.08 Å². The quantitative estimate of drug-likeness (QED) is 0.520. The first-order chi connectivity index (χ1) is 13.6. The van der Waals surface area contributed by atoms with Crippen molar-refractivity contribution in [3.05, 3.63) is 82.8 Å². The topological polar surface area (TPSA) is 63.6 Å². The molecule has 3 aromatic heterocycles. The van der Waals surface area contributed by atoms with Crippen LogP contribution in [0.4, 0.5) is 4.39 Å². The molecule has 1 aliphatic carbocycles.